The Morgan fingerprint density at radius 3 is 1.46 bits per heavy atom. The molecule has 8 aromatic rings. The standard InChI is InChI=1S/C47H37N5O3S/c53-44(54)43(42-33-56-45(49-42)50-46(35-19-7-1-8-20-35,36-21-9-2-10-22-36)37-23-11-3-12-24-37)51-55-32-41-31-52(34-48-41)47(38-25-13-4-14-26-38,39-27-15-5-16-28-39)40-29-17-6-18-30-40/h1-31,33-34H,32H2,(H,49,50)(H,53,54). The summed E-state index contributed by atoms with van der Waals surface area (Å²) in [5.74, 6) is -1.26. The number of aromatic nitrogens is 3. The molecule has 6 aromatic carbocycles. The summed E-state index contributed by atoms with van der Waals surface area (Å²) in [7, 11) is 0. The quantitative estimate of drug-likeness (QED) is 0.0652. The van der Waals surface area contributed by atoms with Gasteiger partial charge in [-0.25, -0.2) is 14.8 Å². The lowest BCUT2D eigenvalue weighted by Crippen LogP contribution is -2.38. The molecule has 2 aromatic heterocycles. The number of oxime groups is 1. The fraction of sp³-hybridized carbons (Fsp3) is 0.0638. The highest BCUT2D eigenvalue weighted by Crippen LogP contribution is 2.42. The van der Waals surface area contributed by atoms with Gasteiger partial charge in [0, 0.05) is 11.6 Å². The van der Waals surface area contributed by atoms with Crippen molar-refractivity contribution in [2.75, 3.05) is 5.32 Å². The predicted molar refractivity (Wildman–Crippen MR) is 221 cm³/mol. The number of carbonyl (C=O) groups is 1. The van der Waals surface area contributed by atoms with Crippen LogP contribution in [0.5, 0.6) is 0 Å². The summed E-state index contributed by atoms with van der Waals surface area (Å²) in [6.45, 7) is -0.0629. The van der Waals surface area contributed by atoms with Crippen LogP contribution < -0.4 is 5.32 Å². The Balaban J connectivity index is 1.10. The van der Waals surface area contributed by atoms with Crippen LogP contribution in [0.3, 0.4) is 0 Å². The molecule has 0 unspecified atom stereocenters. The van der Waals surface area contributed by atoms with Crippen molar-refractivity contribution in [2.24, 2.45) is 5.16 Å². The van der Waals surface area contributed by atoms with Crippen molar-refractivity contribution in [1.29, 1.82) is 0 Å². The molecule has 0 saturated carbocycles. The smallest absolute Gasteiger partial charge is 0.360 e. The normalized spacial score (nSPS) is 11.9. The van der Waals surface area contributed by atoms with Gasteiger partial charge in [-0.3, -0.25) is 0 Å². The molecule has 0 atom stereocenters. The zero-order valence-corrected chi connectivity index (χ0v) is 31.0. The van der Waals surface area contributed by atoms with E-state index in [-0.39, 0.29) is 18.0 Å². The molecule has 2 heterocycles. The van der Waals surface area contributed by atoms with Gasteiger partial charge in [-0.2, -0.15) is 0 Å². The van der Waals surface area contributed by atoms with Gasteiger partial charge in [0.15, 0.2) is 11.7 Å². The average molecular weight is 752 g/mol. The Hall–Kier alpha value is -7.10. The summed E-state index contributed by atoms with van der Waals surface area (Å²) < 4.78 is 2.07. The maximum absolute atomic E-state index is 12.6. The third kappa shape index (κ3) is 6.87. The summed E-state index contributed by atoms with van der Waals surface area (Å²) in [5.41, 5.74) is 5.02. The highest BCUT2D eigenvalue weighted by atomic mass is 32.1. The molecule has 0 amide bonds. The van der Waals surface area contributed by atoms with Crippen LogP contribution in [0.25, 0.3) is 0 Å². The lowest BCUT2D eigenvalue weighted by atomic mass is 9.77. The van der Waals surface area contributed by atoms with E-state index in [1.54, 1.807) is 11.7 Å². The number of carboxylic acids is 1. The van der Waals surface area contributed by atoms with Gasteiger partial charge in [-0.15, -0.1) is 11.3 Å². The van der Waals surface area contributed by atoms with Gasteiger partial charge in [0.1, 0.15) is 16.8 Å². The van der Waals surface area contributed by atoms with Crippen molar-refractivity contribution in [3.8, 4) is 0 Å². The Kier molecular flexibility index (Phi) is 10.3. The zero-order chi connectivity index (χ0) is 38.2. The van der Waals surface area contributed by atoms with Crippen LogP contribution in [0.1, 0.15) is 44.8 Å². The molecule has 9 heteroatoms. The van der Waals surface area contributed by atoms with E-state index in [9.17, 15) is 9.90 Å². The van der Waals surface area contributed by atoms with E-state index in [0.29, 0.717) is 10.8 Å². The summed E-state index contributed by atoms with van der Waals surface area (Å²) in [6.07, 6.45) is 3.70. The third-order valence-corrected chi connectivity index (χ3v) is 10.6. The fourth-order valence-corrected chi connectivity index (χ4v) is 8.10. The van der Waals surface area contributed by atoms with Gasteiger partial charge >= 0.3 is 5.97 Å². The number of anilines is 1. The van der Waals surface area contributed by atoms with Crippen LogP contribution in [0.15, 0.2) is 205 Å². The number of nitrogens with zero attached hydrogens (tertiary/aromatic N) is 4. The van der Waals surface area contributed by atoms with Crippen molar-refractivity contribution in [1.82, 2.24) is 14.5 Å². The number of benzene rings is 6. The van der Waals surface area contributed by atoms with Crippen LogP contribution in [0, 0.1) is 0 Å². The minimum absolute atomic E-state index is 0.0629. The van der Waals surface area contributed by atoms with E-state index in [2.05, 4.69) is 87.8 Å². The van der Waals surface area contributed by atoms with E-state index in [4.69, 9.17) is 14.8 Å². The van der Waals surface area contributed by atoms with Crippen molar-refractivity contribution in [3.63, 3.8) is 0 Å². The number of aliphatic carboxylic acids is 1. The maximum Gasteiger partial charge on any atom is 0.360 e. The summed E-state index contributed by atoms with van der Waals surface area (Å²) in [4.78, 5) is 27.8. The Morgan fingerprint density at radius 1 is 0.643 bits per heavy atom. The van der Waals surface area contributed by atoms with E-state index in [1.807, 2.05) is 115 Å². The van der Waals surface area contributed by atoms with E-state index < -0.39 is 17.0 Å². The van der Waals surface area contributed by atoms with Crippen LogP contribution in [-0.2, 0) is 27.3 Å². The Labute approximate surface area is 329 Å². The average Bonchev–Trinajstić information content (AvgIpc) is 3.94. The van der Waals surface area contributed by atoms with Crippen molar-refractivity contribution in [3.05, 3.63) is 245 Å². The maximum atomic E-state index is 12.6. The molecular weight excluding hydrogens is 715 g/mol. The first-order valence-corrected chi connectivity index (χ1v) is 19.0. The number of imidazole rings is 1. The fourth-order valence-electron chi connectivity index (χ4n) is 7.35. The van der Waals surface area contributed by atoms with Gasteiger partial charge < -0.3 is 19.8 Å². The molecule has 8 nitrogen and oxygen atoms in total. The van der Waals surface area contributed by atoms with E-state index >= 15 is 0 Å². The summed E-state index contributed by atoms with van der Waals surface area (Å²) in [6, 6.07) is 61.3. The molecular formula is C47H37N5O3S. The second-order valence-electron chi connectivity index (χ2n) is 13.1. The molecule has 2 N–H and O–H groups in total. The molecule has 0 aliphatic heterocycles. The number of nitrogens with one attached hydrogen (secondary N) is 1. The molecule has 0 radical (unpaired) electrons. The number of hydrogen-bond donors (Lipinski definition) is 2. The van der Waals surface area contributed by atoms with Crippen LogP contribution in [0.2, 0.25) is 0 Å². The lowest BCUT2D eigenvalue weighted by Gasteiger charge is -2.37. The molecule has 0 fully saturated rings. The highest BCUT2D eigenvalue weighted by Gasteiger charge is 2.39. The molecule has 0 saturated heterocycles. The molecule has 56 heavy (non-hydrogen) atoms. The van der Waals surface area contributed by atoms with Gasteiger partial charge in [0.05, 0.1) is 12.0 Å². The topological polar surface area (TPSA) is 102 Å². The number of carboxylic acid groups (broad SMARTS) is 1. The molecule has 0 aliphatic carbocycles. The monoisotopic (exact) mass is 751 g/mol. The first kappa shape index (κ1) is 35.9. The van der Waals surface area contributed by atoms with E-state index in [0.717, 1.165) is 33.4 Å². The molecule has 8 rings (SSSR count). The van der Waals surface area contributed by atoms with Gasteiger partial charge in [-0.1, -0.05) is 187 Å². The SMILES string of the molecule is O=C(O)C(=NOCc1cn(C(c2ccccc2)(c2ccccc2)c2ccccc2)cn1)c1csc(NC(c2ccccc2)(c2ccccc2)c2ccccc2)n1. The second kappa shape index (κ2) is 16.1. The van der Waals surface area contributed by atoms with Gasteiger partial charge in [0.25, 0.3) is 0 Å². The minimum Gasteiger partial charge on any atom is -0.476 e. The third-order valence-electron chi connectivity index (χ3n) is 9.83. The largest absolute Gasteiger partial charge is 0.476 e. The van der Waals surface area contributed by atoms with Crippen molar-refractivity contribution < 1.29 is 14.7 Å². The predicted octanol–water partition coefficient (Wildman–Crippen LogP) is 9.59. The summed E-state index contributed by atoms with van der Waals surface area (Å²) >= 11 is 1.30. The first-order chi connectivity index (χ1) is 27.6. The van der Waals surface area contributed by atoms with Crippen LogP contribution >= 0.6 is 11.3 Å². The minimum atomic E-state index is -1.26. The number of rotatable bonds is 14. The molecule has 0 aliphatic rings. The number of thiazole rings is 1. The first-order valence-electron chi connectivity index (χ1n) is 18.1. The van der Waals surface area contributed by atoms with Crippen molar-refractivity contribution >= 4 is 28.1 Å². The summed E-state index contributed by atoms with van der Waals surface area (Å²) in [5, 5.41) is 20.3. The molecule has 0 spiro atoms. The molecule has 274 valence electrons. The van der Waals surface area contributed by atoms with Crippen molar-refractivity contribution in [2.45, 2.75) is 17.7 Å². The lowest BCUT2D eigenvalue weighted by molar-refractivity contribution is -0.129. The number of hydrogen-bond acceptors (Lipinski definition) is 7. The molecule has 0 bridgehead atoms. The highest BCUT2D eigenvalue weighted by molar-refractivity contribution is 7.14. The van der Waals surface area contributed by atoms with Crippen LogP contribution in [0.4, 0.5) is 5.13 Å². The van der Waals surface area contributed by atoms with E-state index in [1.165, 1.54) is 11.3 Å². The second-order valence-corrected chi connectivity index (χ2v) is 14.0. The Morgan fingerprint density at radius 2 is 1.05 bits per heavy atom. The van der Waals surface area contributed by atoms with Gasteiger partial charge in [-0.05, 0) is 33.4 Å². The van der Waals surface area contributed by atoms with Crippen LogP contribution in [-0.4, -0.2) is 31.3 Å². The zero-order valence-electron chi connectivity index (χ0n) is 30.2. The van der Waals surface area contributed by atoms with Gasteiger partial charge in [0.2, 0.25) is 5.71 Å². The Bertz CT molecular complexity index is 2330.